The predicted octanol–water partition coefficient (Wildman–Crippen LogP) is 5.97. The van der Waals surface area contributed by atoms with E-state index in [0.717, 1.165) is 109 Å². The molecule has 2 saturated heterocycles. The Balaban J connectivity index is 1.26. The van der Waals surface area contributed by atoms with E-state index in [1.807, 2.05) is 24.7 Å². The zero-order valence-corrected chi connectivity index (χ0v) is 25.7. The molecule has 0 radical (unpaired) electrons. The molecule has 4 aromatic heterocycles. The molecule has 0 saturated carbocycles. The minimum absolute atomic E-state index is 0.425. The molecule has 2 aliphatic heterocycles. The number of hydrogen-bond donors (Lipinski definition) is 0. The number of fused-ring (bicyclic) bond motifs is 1. The van der Waals surface area contributed by atoms with Crippen molar-refractivity contribution in [3.63, 3.8) is 0 Å². The van der Waals surface area contributed by atoms with Crippen molar-refractivity contribution in [1.29, 1.82) is 0 Å². The van der Waals surface area contributed by atoms with Gasteiger partial charge in [0.15, 0.2) is 5.65 Å². The Morgan fingerprint density at radius 3 is 2.49 bits per heavy atom. The quantitative estimate of drug-likeness (QED) is 0.218. The molecule has 0 atom stereocenters. The lowest BCUT2D eigenvalue weighted by molar-refractivity contribution is 0.122. The van der Waals surface area contributed by atoms with E-state index in [9.17, 15) is 0 Å². The van der Waals surface area contributed by atoms with Crippen LogP contribution in [-0.2, 0) is 11.2 Å². The largest absolute Gasteiger partial charge is 0.378 e. The number of likely N-dealkylation sites (tertiary alicyclic amines) is 1. The Labute approximate surface area is 257 Å². The van der Waals surface area contributed by atoms with E-state index in [-0.39, 0.29) is 0 Å². The number of pyridine rings is 1. The topological polar surface area (TPSA) is 77.1 Å². The van der Waals surface area contributed by atoms with Gasteiger partial charge in [0, 0.05) is 66.4 Å². The molecule has 7 rings (SSSR count). The Bertz CT molecular complexity index is 1690. The van der Waals surface area contributed by atoms with Gasteiger partial charge in [0.1, 0.15) is 11.3 Å². The van der Waals surface area contributed by atoms with Crippen LogP contribution in [0.2, 0.25) is 0 Å². The summed E-state index contributed by atoms with van der Waals surface area (Å²) in [5.74, 6) is 1.05. The first kappa shape index (κ1) is 28.1. The van der Waals surface area contributed by atoms with E-state index in [1.165, 1.54) is 5.56 Å². The first-order chi connectivity index (χ1) is 21.2. The van der Waals surface area contributed by atoms with Crippen molar-refractivity contribution in [2.75, 3.05) is 50.8 Å². The van der Waals surface area contributed by atoms with Crippen molar-refractivity contribution in [3.05, 3.63) is 72.9 Å². The summed E-state index contributed by atoms with van der Waals surface area (Å²) in [7, 11) is 0. The maximum Gasteiger partial charge on any atom is 0.169 e. The first-order valence-corrected chi connectivity index (χ1v) is 16.2. The van der Waals surface area contributed by atoms with E-state index in [4.69, 9.17) is 24.8 Å². The molecule has 222 valence electrons. The zero-order valence-electron chi connectivity index (χ0n) is 24.9. The highest BCUT2D eigenvalue weighted by molar-refractivity contribution is 7.98. The molecule has 0 unspecified atom stereocenters. The minimum atomic E-state index is 0.425. The number of aromatic nitrogens is 6. The number of ether oxygens (including phenoxy) is 1. The Kier molecular flexibility index (Phi) is 8.14. The number of aryl methyl sites for hydroxylation is 1. The smallest absolute Gasteiger partial charge is 0.169 e. The van der Waals surface area contributed by atoms with Crippen LogP contribution in [-0.4, -0.2) is 79.5 Å². The van der Waals surface area contributed by atoms with E-state index in [0.29, 0.717) is 6.04 Å². The third kappa shape index (κ3) is 5.79. The van der Waals surface area contributed by atoms with Gasteiger partial charge in [-0.05, 0) is 61.5 Å². The number of anilines is 1. The summed E-state index contributed by atoms with van der Waals surface area (Å²) < 4.78 is 9.85. The van der Waals surface area contributed by atoms with Gasteiger partial charge < -0.3 is 14.5 Å². The average Bonchev–Trinajstić information content (AvgIpc) is 3.70. The fourth-order valence-corrected chi connectivity index (χ4v) is 7.00. The van der Waals surface area contributed by atoms with Crippen molar-refractivity contribution in [3.8, 4) is 22.4 Å². The summed E-state index contributed by atoms with van der Waals surface area (Å²) in [6.07, 6.45) is 13.3. The molecule has 9 nitrogen and oxygen atoms in total. The van der Waals surface area contributed by atoms with E-state index >= 15 is 0 Å². The molecule has 10 heteroatoms. The lowest BCUT2D eigenvalue weighted by atomic mass is 10.1. The summed E-state index contributed by atoms with van der Waals surface area (Å²) in [6.45, 7) is 11.0. The Morgan fingerprint density at radius 2 is 1.72 bits per heavy atom. The summed E-state index contributed by atoms with van der Waals surface area (Å²) in [6, 6.07) is 13.0. The van der Waals surface area contributed by atoms with Gasteiger partial charge in [0.25, 0.3) is 0 Å². The number of hydrogen-bond acceptors (Lipinski definition) is 8. The maximum absolute atomic E-state index is 5.56. The van der Waals surface area contributed by atoms with Crippen molar-refractivity contribution in [2.45, 2.75) is 44.0 Å². The molecule has 0 amide bonds. The van der Waals surface area contributed by atoms with Gasteiger partial charge in [-0.15, -0.1) is 0 Å². The molecule has 2 fully saturated rings. The first-order valence-electron chi connectivity index (χ1n) is 15.4. The second-order valence-electron chi connectivity index (χ2n) is 11.2. The molecule has 43 heavy (non-hydrogen) atoms. The van der Waals surface area contributed by atoms with Gasteiger partial charge in [0.2, 0.25) is 0 Å². The van der Waals surface area contributed by atoms with Crippen LogP contribution in [0.3, 0.4) is 0 Å². The van der Waals surface area contributed by atoms with E-state index in [1.54, 1.807) is 11.9 Å². The van der Waals surface area contributed by atoms with Gasteiger partial charge in [-0.2, -0.15) is 5.10 Å². The van der Waals surface area contributed by atoms with Crippen molar-refractivity contribution in [2.24, 2.45) is 0 Å². The molecule has 1 aromatic carbocycles. The standard InChI is InChI=1S/C33H38N8OS/c1-3-24-18-25(19-34-32(24)39-14-16-42-17-15-39)30-21-35-33-31(37-30)29(23-41(33)43-28-8-6-5-7-9-28)26-20-36-40(22-26)27-10-12-38(4-2)13-11-27/h5-9,18-23,27H,3-4,10-17H2,1-2H3. The van der Waals surface area contributed by atoms with Crippen LogP contribution in [0.15, 0.2) is 72.3 Å². The average molecular weight is 595 g/mol. The second-order valence-corrected chi connectivity index (χ2v) is 12.3. The highest BCUT2D eigenvalue weighted by Gasteiger charge is 2.23. The maximum atomic E-state index is 5.56. The van der Waals surface area contributed by atoms with Gasteiger partial charge in [-0.1, -0.05) is 32.0 Å². The highest BCUT2D eigenvalue weighted by atomic mass is 32.2. The summed E-state index contributed by atoms with van der Waals surface area (Å²) in [5.41, 5.74) is 6.84. The number of benzene rings is 1. The minimum Gasteiger partial charge on any atom is -0.378 e. The fourth-order valence-electron chi connectivity index (χ4n) is 6.12. The third-order valence-electron chi connectivity index (χ3n) is 8.63. The Morgan fingerprint density at radius 1 is 0.907 bits per heavy atom. The van der Waals surface area contributed by atoms with Crippen LogP contribution in [0.1, 0.15) is 38.3 Å². The number of piperidine rings is 1. The van der Waals surface area contributed by atoms with Crippen LogP contribution >= 0.6 is 11.9 Å². The lowest BCUT2D eigenvalue weighted by Gasteiger charge is -2.31. The van der Waals surface area contributed by atoms with Gasteiger partial charge in [0.05, 0.1) is 37.3 Å². The van der Waals surface area contributed by atoms with Gasteiger partial charge in [-0.3, -0.25) is 8.65 Å². The zero-order chi connectivity index (χ0) is 29.2. The van der Waals surface area contributed by atoms with Crippen molar-refractivity contribution >= 4 is 28.9 Å². The predicted molar refractivity (Wildman–Crippen MR) is 172 cm³/mol. The highest BCUT2D eigenvalue weighted by Crippen LogP contribution is 2.36. The number of rotatable bonds is 8. The summed E-state index contributed by atoms with van der Waals surface area (Å²) in [5, 5.41) is 4.83. The molecular weight excluding hydrogens is 556 g/mol. The van der Waals surface area contributed by atoms with E-state index < -0.39 is 0 Å². The molecule has 2 aliphatic rings. The molecule has 0 spiro atoms. The van der Waals surface area contributed by atoms with Crippen molar-refractivity contribution in [1.82, 2.24) is 33.6 Å². The van der Waals surface area contributed by atoms with Crippen LogP contribution in [0.4, 0.5) is 5.82 Å². The monoisotopic (exact) mass is 594 g/mol. The summed E-state index contributed by atoms with van der Waals surface area (Å²) in [4.78, 5) is 21.1. The van der Waals surface area contributed by atoms with Gasteiger partial charge in [-0.25, -0.2) is 15.0 Å². The number of morpholine rings is 1. The van der Waals surface area contributed by atoms with E-state index in [2.05, 4.69) is 75.0 Å². The third-order valence-corrected chi connectivity index (χ3v) is 9.59. The van der Waals surface area contributed by atoms with Crippen LogP contribution < -0.4 is 4.90 Å². The molecule has 0 bridgehead atoms. The molecular formula is C33H38N8OS. The molecule has 6 heterocycles. The van der Waals surface area contributed by atoms with Crippen molar-refractivity contribution < 1.29 is 4.74 Å². The fraction of sp³-hybridized carbons (Fsp3) is 0.394. The van der Waals surface area contributed by atoms with Crippen LogP contribution in [0.5, 0.6) is 0 Å². The van der Waals surface area contributed by atoms with Crippen LogP contribution in [0, 0.1) is 0 Å². The molecule has 5 aromatic rings. The lowest BCUT2D eigenvalue weighted by Crippen LogP contribution is -2.37. The normalized spacial score (nSPS) is 16.7. The second kappa shape index (κ2) is 12.5. The summed E-state index contributed by atoms with van der Waals surface area (Å²) >= 11 is 1.65. The SMILES string of the molecule is CCc1cc(-c2cnc3c(n2)c(-c2cnn(C4CCN(CC)CC4)c2)cn3Sc2ccccc2)cnc1N1CCOCC1. The molecule has 0 aliphatic carbocycles. The number of nitrogens with zero attached hydrogens (tertiary/aromatic N) is 8. The van der Waals surface area contributed by atoms with Gasteiger partial charge >= 0.3 is 0 Å². The Hall–Kier alpha value is -3.73. The molecule has 0 N–H and O–H groups in total. The van der Waals surface area contributed by atoms with Crippen LogP contribution in [0.25, 0.3) is 33.5 Å².